The molecule has 39 heavy (non-hydrogen) atoms. The zero-order valence-electron chi connectivity index (χ0n) is 20.8. The van der Waals surface area contributed by atoms with Gasteiger partial charge in [0.1, 0.15) is 18.0 Å². The number of halogens is 3. The van der Waals surface area contributed by atoms with Gasteiger partial charge in [0, 0.05) is 22.5 Å². The largest absolute Gasteiger partial charge is 0.458 e. The van der Waals surface area contributed by atoms with Crippen LogP contribution in [0.5, 0.6) is 5.75 Å². The summed E-state index contributed by atoms with van der Waals surface area (Å²) in [4.78, 5) is 39.3. The van der Waals surface area contributed by atoms with E-state index >= 15 is 0 Å². The molecule has 2 aromatic rings. The van der Waals surface area contributed by atoms with E-state index in [9.17, 15) is 27.4 Å². The van der Waals surface area contributed by atoms with E-state index in [2.05, 4.69) is 67.8 Å². The number of benzene rings is 2. The molecule has 2 aromatic carbocycles. The van der Waals surface area contributed by atoms with Crippen molar-refractivity contribution in [1.82, 2.24) is 0 Å². The Bertz CT molecular complexity index is 1520. The maximum atomic E-state index is 13.5. The topological polar surface area (TPSA) is 133 Å². The quantitative estimate of drug-likeness (QED) is 0.138. The summed E-state index contributed by atoms with van der Waals surface area (Å²) in [6.07, 6.45) is -0.910. The second kappa shape index (κ2) is 10.7. The van der Waals surface area contributed by atoms with E-state index in [-0.39, 0.29) is 22.5 Å². The third kappa shape index (κ3) is 5.11. The summed E-state index contributed by atoms with van der Waals surface area (Å²) < 4.78 is 53.4. The third-order valence-electron chi connectivity index (χ3n) is 7.73. The van der Waals surface area contributed by atoms with Crippen molar-refractivity contribution >= 4 is 95.8 Å². The molecule has 1 aliphatic heterocycles. The fourth-order valence-corrected chi connectivity index (χ4v) is 9.02. The summed E-state index contributed by atoms with van der Waals surface area (Å²) in [6.45, 7) is 5.07. The molecule has 208 valence electrons. The lowest BCUT2D eigenvalue weighted by Gasteiger charge is -2.30. The monoisotopic (exact) mass is 892 g/mol. The van der Waals surface area contributed by atoms with Gasteiger partial charge in [0.25, 0.3) is 10.1 Å². The van der Waals surface area contributed by atoms with Crippen molar-refractivity contribution in [2.45, 2.75) is 50.2 Å². The van der Waals surface area contributed by atoms with E-state index in [1.807, 2.05) is 6.07 Å². The highest BCUT2D eigenvalue weighted by Crippen LogP contribution is 2.59. The van der Waals surface area contributed by atoms with Crippen LogP contribution < -0.4 is 4.74 Å². The standard InChI is InChI=1S/C26H23I3O9S/c1-9(2)12-8-16(10(3)6-17(12)39(33,34)35)36-25(31)18-13-7-14-19(18)26(32)38-23(14)22(13)37-24(30)11-4-5-15(27)21(29)20(11)28/h4-6,8-9,13-14,18-19,22-23H,7H2,1-3H3,(H,33,34,35). The summed E-state index contributed by atoms with van der Waals surface area (Å²) in [5.74, 6) is -4.16. The highest BCUT2D eigenvalue weighted by Gasteiger charge is 2.70. The second-order valence-corrected chi connectivity index (χ2v) is 15.0. The van der Waals surface area contributed by atoms with Gasteiger partial charge in [-0.2, -0.15) is 8.42 Å². The molecule has 1 saturated heterocycles. The van der Waals surface area contributed by atoms with E-state index in [1.165, 1.54) is 12.1 Å². The van der Waals surface area contributed by atoms with Crippen LogP contribution in [0, 0.1) is 41.3 Å². The Hall–Kier alpha value is -1.05. The SMILES string of the molecule is Cc1cc(S(=O)(=O)O)c(C(C)C)cc1OC(=O)C1C2CC3C(OC(=O)C31)C2OC(=O)c1ccc(I)c(I)c1I. The minimum atomic E-state index is -4.48. The molecule has 6 unspecified atom stereocenters. The number of aryl methyl sites for hydroxylation is 1. The first-order chi connectivity index (χ1) is 18.2. The van der Waals surface area contributed by atoms with E-state index in [0.717, 1.165) is 10.7 Å². The van der Waals surface area contributed by atoms with Crippen LogP contribution in [-0.4, -0.2) is 43.1 Å². The predicted molar refractivity (Wildman–Crippen MR) is 163 cm³/mol. The van der Waals surface area contributed by atoms with Gasteiger partial charge in [0.05, 0.1) is 22.3 Å². The van der Waals surface area contributed by atoms with Gasteiger partial charge in [0.2, 0.25) is 0 Å². The molecule has 6 atom stereocenters. The molecule has 2 saturated carbocycles. The molecule has 1 N–H and O–H groups in total. The van der Waals surface area contributed by atoms with Crippen LogP contribution in [0.1, 0.15) is 47.7 Å². The normalized spacial score (nSPS) is 27.1. The van der Waals surface area contributed by atoms with Gasteiger partial charge in [-0.3, -0.25) is 14.1 Å². The number of carbonyl (C=O) groups excluding carboxylic acids is 3. The predicted octanol–water partition coefficient (Wildman–Crippen LogP) is 5.12. The van der Waals surface area contributed by atoms with Crippen molar-refractivity contribution < 1.29 is 41.6 Å². The maximum Gasteiger partial charge on any atom is 0.339 e. The van der Waals surface area contributed by atoms with Crippen LogP contribution in [0.4, 0.5) is 0 Å². The minimum absolute atomic E-state index is 0.137. The van der Waals surface area contributed by atoms with Crippen molar-refractivity contribution in [2.24, 2.45) is 23.7 Å². The minimum Gasteiger partial charge on any atom is -0.458 e. The summed E-state index contributed by atoms with van der Waals surface area (Å²) in [6, 6.07) is 6.22. The molecular formula is C26H23I3O9S. The lowest BCUT2D eigenvalue weighted by atomic mass is 9.78. The van der Waals surface area contributed by atoms with Crippen molar-refractivity contribution in [3.8, 4) is 5.75 Å². The summed E-state index contributed by atoms with van der Waals surface area (Å²) in [5, 5.41) is 0. The molecule has 0 amide bonds. The van der Waals surface area contributed by atoms with Crippen molar-refractivity contribution in [3.05, 3.63) is 51.7 Å². The van der Waals surface area contributed by atoms with Gasteiger partial charge in [-0.25, -0.2) is 4.79 Å². The fourth-order valence-electron chi connectivity index (χ4n) is 5.98. The number of esters is 3. The molecule has 1 heterocycles. The molecular weight excluding hydrogens is 869 g/mol. The summed E-state index contributed by atoms with van der Waals surface area (Å²) >= 11 is 6.46. The smallest absolute Gasteiger partial charge is 0.339 e. The Morgan fingerprint density at radius 3 is 2.44 bits per heavy atom. The second-order valence-electron chi connectivity index (χ2n) is 10.3. The van der Waals surface area contributed by atoms with Crippen LogP contribution >= 0.6 is 67.8 Å². The number of hydrogen-bond acceptors (Lipinski definition) is 8. The van der Waals surface area contributed by atoms with E-state index in [1.54, 1.807) is 26.8 Å². The molecule has 0 radical (unpaired) electrons. The molecule has 0 spiro atoms. The van der Waals surface area contributed by atoms with Crippen molar-refractivity contribution in [3.63, 3.8) is 0 Å². The van der Waals surface area contributed by atoms with Gasteiger partial charge >= 0.3 is 17.9 Å². The average Bonchev–Trinajstić information content (AvgIpc) is 3.46. The number of fused-ring (bicyclic) bond motifs is 1. The van der Waals surface area contributed by atoms with Crippen LogP contribution in [-0.2, 0) is 29.2 Å². The van der Waals surface area contributed by atoms with Gasteiger partial charge in [0.15, 0.2) is 0 Å². The molecule has 2 bridgehead atoms. The van der Waals surface area contributed by atoms with E-state index in [0.29, 0.717) is 23.1 Å². The molecule has 5 rings (SSSR count). The zero-order chi connectivity index (χ0) is 28.5. The highest BCUT2D eigenvalue weighted by atomic mass is 127. The Morgan fingerprint density at radius 2 is 1.79 bits per heavy atom. The van der Waals surface area contributed by atoms with Crippen molar-refractivity contribution in [2.75, 3.05) is 0 Å². The number of carbonyl (C=O) groups is 3. The summed E-state index contributed by atoms with van der Waals surface area (Å²) in [7, 11) is -4.48. The average molecular weight is 892 g/mol. The van der Waals surface area contributed by atoms with Crippen molar-refractivity contribution in [1.29, 1.82) is 0 Å². The molecule has 13 heteroatoms. The third-order valence-corrected chi connectivity index (χ3v) is 13.8. The van der Waals surface area contributed by atoms with Gasteiger partial charge < -0.3 is 14.2 Å². The summed E-state index contributed by atoms with van der Waals surface area (Å²) in [5.41, 5.74) is 1.04. The Morgan fingerprint density at radius 1 is 1.10 bits per heavy atom. The molecule has 0 aromatic heterocycles. The zero-order valence-corrected chi connectivity index (χ0v) is 28.1. The number of rotatable bonds is 6. The number of ether oxygens (including phenoxy) is 3. The molecule has 2 aliphatic carbocycles. The van der Waals surface area contributed by atoms with Gasteiger partial charge in [-0.1, -0.05) is 13.8 Å². The first kappa shape index (κ1) is 29.4. The fraction of sp³-hybridized carbons (Fsp3) is 0.423. The Kier molecular flexibility index (Phi) is 8.04. The van der Waals surface area contributed by atoms with Gasteiger partial charge in [-0.15, -0.1) is 0 Å². The first-order valence-corrected chi connectivity index (χ1v) is 16.8. The lowest BCUT2D eigenvalue weighted by molar-refractivity contribution is -0.149. The number of hydrogen-bond donors (Lipinski definition) is 1. The molecule has 3 fully saturated rings. The highest BCUT2D eigenvalue weighted by molar-refractivity contribution is 14.1. The van der Waals surface area contributed by atoms with E-state index in [4.69, 9.17) is 14.2 Å². The maximum absolute atomic E-state index is 13.5. The van der Waals surface area contributed by atoms with E-state index < -0.39 is 58.0 Å². The lowest BCUT2D eigenvalue weighted by Crippen LogP contribution is -2.44. The molecule has 9 nitrogen and oxygen atoms in total. The Labute approximate surface area is 266 Å². The molecule has 3 aliphatic rings. The van der Waals surface area contributed by atoms with Crippen LogP contribution in [0.2, 0.25) is 0 Å². The van der Waals surface area contributed by atoms with Crippen LogP contribution in [0.25, 0.3) is 0 Å². The van der Waals surface area contributed by atoms with Crippen LogP contribution in [0.15, 0.2) is 29.2 Å². The Balaban J connectivity index is 1.42. The van der Waals surface area contributed by atoms with Crippen LogP contribution in [0.3, 0.4) is 0 Å². The van der Waals surface area contributed by atoms with Gasteiger partial charge in [-0.05, 0) is 122 Å². The first-order valence-electron chi connectivity index (χ1n) is 12.1.